The molecular formula is C25H32N2O5. The van der Waals surface area contributed by atoms with Crippen molar-refractivity contribution in [1.82, 2.24) is 10.2 Å². The van der Waals surface area contributed by atoms with Crippen molar-refractivity contribution >= 4 is 11.8 Å². The Morgan fingerprint density at radius 1 is 0.969 bits per heavy atom. The average Bonchev–Trinajstić information content (AvgIpc) is 3.28. The highest BCUT2D eigenvalue weighted by Crippen LogP contribution is 2.40. The van der Waals surface area contributed by atoms with E-state index in [1.807, 2.05) is 18.2 Å². The molecule has 1 aliphatic rings. The van der Waals surface area contributed by atoms with E-state index in [4.69, 9.17) is 14.2 Å². The number of carbonyl (C=O) groups is 2. The first kappa shape index (κ1) is 23.4. The number of hydrogen-bond donors (Lipinski definition) is 1. The zero-order valence-electron chi connectivity index (χ0n) is 19.2. The number of rotatable bonds is 9. The Kier molecular flexibility index (Phi) is 7.98. The summed E-state index contributed by atoms with van der Waals surface area (Å²) in [5.74, 6) is 1.32. The van der Waals surface area contributed by atoms with E-state index in [1.54, 1.807) is 50.5 Å². The maximum atomic E-state index is 13.2. The predicted octanol–water partition coefficient (Wildman–Crippen LogP) is 3.48. The van der Waals surface area contributed by atoms with Crippen LogP contribution in [0.3, 0.4) is 0 Å². The molecule has 0 aromatic heterocycles. The fourth-order valence-electron chi connectivity index (χ4n) is 4.12. The van der Waals surface area contributed by atoms with Crippen molar-refractivity contribution in [3.8, 4) is 17.2 Å². The summed E-state index contributed by atoms with van der Waals surface area (Å²) >= 11 is 0. The van der Waals surface area contributed by atoms with E-state index in [-0.39, 0.29) is 23.7 Å². The lowest BCUT2D eigenvalue weighted by Crippen LogP contribution is -2.36. The van der Waals surface area contributed by atoms with Gasteiger partial charge in [-0.3, -0.25) is 9.59 Å². The van der Waals surface area contributed by atoms with E-state index < -0.39 is 0 Å². The molecule has 0 saturated carbocycles. The van der Waals surface area contributed by atoms with Crippen LogP contribution in [0.1, 0.15) is 41.6 Å². The molecule has 2 aromatic rings. The van der Waals surface area contributed by atoms with E-state index in [1.165, 1.54) is 0 Å². The Hall–Kier alpha value is -3.22. The van der Waals surface area contributed by atoms with Crippen LogP contribution in [0, 0.1) is 5.92 Å². The van der Waals surface area contributed by atoms with Gasteiger partial charge in [-0.15, -0.1) is 0 Å². The number of hydrogen-bond acceptors (Lipinski definition) is 5. The summed E-state index contributed by atoms with van der Waals surface area (Å²) in [6.45, 7) is 3.47. The fraction of sp³-hybridized carbons (Fsp3) is 0.440. The predicted molar refractivity (Wildman–Crippen MR) is 123 cm³/mol. The molecule has 0 radical (unpaired) electrons. The molecule has 1 heterocycles. The number of methoxy groups -OCH3 is 3. The van der Waals surface area contributed by atoms with E-state index in [0.29, 0.717) is 42.4 Å². The summed E-state index contributed by atoms with van der Waals surface area (Å²) < 4.78 is 16.2. The van der Waals surface area contributed by atoms with Gasteiger partial charge in [0.05, 0.1) is 27.2 Å². The molecule has 7 nitrogen and oxygen atoms in total. The third-order valence-corrected chi connectivity index (χ3v) is 5.95. The van der Waals surface area contributed by atoms with Crippen LogP contribution in [0.25, 0.3) is 0 Å². The van der Waals surface area contributed by atoms with Gasteiger partial charge in [-0.2, -0.15) is 0 Å². The van der Waals surface area contributed by atoms with Gasteiger partial charge < -0.3 is 24.4 Å². The summed E-state index contributed by atoms with van der Waals surface area (Å²) in [6, 6.07) is 12.6. The smallest absolute Gasteiger partial charge is 0.253 e. The van der Waals surface area contributed by atoms with Gasteiger partial charge in [0.2, 0.25) is 5.91 Å². The second-order valence-corrected chi connectivity index (χ2v) is 7.90. The van der Waals surface area contributed by atoms with Gasteiger partial charge in [0.15, 0.2) is 0 Å². The summed E-state index contributed by atoms with van der Waals surface area (Å²) in [4.78, 5) is 28.1. The van der Waals surface area contributed by atoms with Crippen LogP contribution in [-0.2, 0) is 4.79 Å². The first-order valence-electron chi connectivity index (χ1n) is 10.9. The third kappa shape index (κ3) is 5.15. The minimum Gasteiger partial charge on any atom is -0.497 e. The van der Waals surface area contributed by atoms with Crippen molar-refractivity contribution in [2.24, 2.45) is 5.92 Å². The highest BCUT2D eigenvalue weighted by Gasteiger charge is 2.41. The van der Waals surface area contributed by atoms with Crippen LogP contribution in [0.5, 0.6) is 17.2 Å². The van der Waals surface area contributed by atoms with Crippen molar-refractivity contribution in [2.45, 2.75) is 25.7 Å². The maximum absolute atomic E-state index is 13.2. The van der Waals surface area contributed by atoms with Crippen molar-refractivity contribution in [1.29, 1.82) is 0 Å². The van der Waals surface area contributed by atoms with E-state index >= 15 is 0 Å². The largest absolute Gasteiger partial charge is 0.497 e. The van der Waals surface area contributed by atoms with Gasteiger partial charge in [0.1, 0.15) is 17.2 Å². The second kappa shape index (κ2) is 10.9. The molecule has 1 saturated heterocycles. The van der Waals surface area contributed by atoms with Gasteiger partial charge in [0, 0.05) is 36.7 Å². The minimum absolute atomic E-state index is 0.0432. The van der Waals surface area contributed by atoms with E-state index in [9.17, 15) is 9.59 Å². The van der Waals surface area contributed by atoms with Gasteiger partial charge in [-0.05, 0) is 48.9 Å². The van der Waals surface area contributed by atoms with Crippen molar-refractivity contribution < 1.29 is 23.8 Å². The number of carbonyl (C=O) groups excluding carboxylic acids is 2. The van der Waals surface area contributed by atoms with Crippen LogP contribution < -0.4 is 19.5 Å². The Morgan fingerprint density at radius 2 is 1.66 bits per heavy atom. The van der Waals surface area contributed by atoms with Gasteiger partial charge in [0.25, 0.3) is 5.91 Å². The molecule has 2 amide bonds. The third-order valence-electron chi connectivity index (χ3n) is 5.95. The van der Waals surface area contributed by atoms with Gasteiger partial charge >= 0.3 is 0 Å². The topological polar surface area (TPSA) is 77.1 Å². The number of amides is 2. The lowest BCUT2D eigenvalue weighted by molar-refractivity contribution is -0.124. The summed E-state index contributed by atoms with van der Waals surface area (Å²) in [5, 5.41) is 3.04. The summed E-state index contributed by atoms with van der Waals surface area (Å²) in [6.07, 6.45) is 1.92. The molecule has 1 aliphatic heterocycles. The van der Waals surface area contributed by atoms with Gasteiger partial charge in [-0.25, -0.2) is 0 Å². The zero-order valence-corrected chi connectivity index (χ0v) is 19.2. The quantitative estimate of drug-likeness (QED) is 0.604. The number of unbranched alkanes of at least 4 members (excludes halogenated alkanes) is 1. The fourth-order valence-corrected chi connectivity index (χ4v) is 4.12. The molecular weight excluding hydrogens is 408 g/mol. The molecule has 172 valence electrons. The lowest BCUT2D eigenvalue weighted by Gasteiger charge is -2.21. The number of nitrogens with zero attached hydrogens (tertiary/aromatic N) is 1. The molecule has 2 aromatic carbocycles. The molecule has 32 heavy (non-hydrogen) atoms. The molecule has 2 atom stereocenters. The first-order chi connectivity index (χ1) is 15.5. The van der Waals surface area contributed by atoms with Crippen LogP contribution in [0.2, 0.25) is 0 Å². The minimum atomic E-state index is -0.380. The Bertz CT molecular complexity index is 928. The molecule has 0 aliphatic carbocycles. The van der Waals surface area contributed by atoms with Crippen LogP contribution in [-0.4, -0.2) is 57.7 Å². The molecule has 1 fully saturated rings. The van der Waals surface area contributed by atoms with Crippen molar-refractivity contribution in [3.63, 3.8) is 0 Å². The SMILES string of the molecule is CCCCNC(=O)[C@@H]1CN(C(=O)c2ccc(OC)cc2)C[C@H]1c1cc(OC)ccc1OC. The number of nitrogens with one attached hydrogen (secondary N) is 1. The van der Waals surface area contributed by atoms with E-state index in [0.717, 1.165) is 18.4 Å². The Balaban J connectivity index is 1.90. The Morgan fingerprint density at radius 3 is 2.28 bits per heavy atom. The number of likely N-dealkylation sites (tertiary alicyclic amines) is 1. The Labute approximate surface area is 189 Å². The highest BCUT2D eigenvalue weighted by molar-refractivity contribution is 5.95. The second-order valence-electron chi connectivity index (χ2n) is 7.90. The molecule has 7 heteroatoms. The zero-order chi connectivity index (χ0) is 23.1. The van der Waals surface area contributed by atoms with Crippen LogP contribution in [0.15, 0.2) is 42.5 Å². The first-order valence-corrected chi connectivity index (χ1v) is 10.9. The summed E-state index contributed by atoms with van der Waals surface area (Å²) in [7, 11) is 4.80. The van der Waals surface area contributed by atoms with Crippen LogP contribution >= 0.6 is 0 Å². The summed E-state index contributed by atoms with van der Waals surface area (Å²) in [5.41, 5.74) is 1.43. The van der Waals surface area contributed by atoms with Crippen molar-refractivity contribution in [2.75, 3.05) is 41.0 Å². The molecule has 0 bridgehead atoms. The number of benzene rings is 2. The van der Waals surface area contributed by atoms with Crippen molar-refractivity contribution in [3.05, 3.63) is 53.6 Å². The average molecular weight is 441 g/mol. The molecule has 0 spiro atoms. The lowest BCUT2D eigenvalue weighted by atomic mass is 9.87. The van der Waals surface area contributed by atoms with Crippen LogP contribution in [0.4, 0.5) is 0 Å². The van der Waals surface area contributed by atoms with Gasteiger partial charge in [-0.1, -0.05) is 13.3 Å². The molecule has 1 N–H and O–H groups in total. The highest BCUT2D eigenvalue weighted by atomic mass is 16.5. The number of ether oxygens (including phenoxy) is 3. The normalized spacial score (nSPS) is 17.7. The monoisotopic (exact) mass is 440 g/mol. The standard InChI is InChI=1S/C25H32N2O5/c1-5-6-13-26-24(28)22-16-27(25(29)17-7-9-18(30-2)10-8-17)15-21(22)20-14-19(31-3)11-12-23(20)32-4/h7-12,14,21-22H,5-6,13,15-16H2,1-4H3,(H,26,28)/t21-,22+/m0/s1. The van der Waals surface area contributed by atoms with E-state index in [2.05, 4.69) is 12.2 Å². The maximum Gasteiger partial charge on any atom is 0.253 e. The molecule has 0 unspecified atom stereocenters. The molecule has 3 rings (SSSR count).